The Kier molecular flexibility index (Phi) is 3.83. The Morgan fingerprint density at radius 2 is 2.05 bits per heavy atom. The summed E-state index contributed by atoms with van der Waals surface area (Å²) in [5, 5.41) is 4.08. The molecular weight excluding hydrogens is 254 g/mol. The highest BCUT2D eigenvalue weighted by molar-refractivity contribution is 6.06. The van der Waals surface area contributed by atoms with E-state index < -0.39 is 0 Å². The van der Waals surface area contributed by atoms with Crippen LogP contribution in [-0.4, -0.2) is 32.7 Å². The molecule has 2 aromatic rings. The average Bonchev–Trinajstić information content (AvgIpc) is 2.83. The quantitative estimate of drug-likeness (QED) is 0.857. The van der Waals surface area contributed by atoms with E-state index in [1.807, 2.05) is 27.8 Å². The first-order chi connectivity index (χ1) is 9.40. The van der Waals surface area contributed by atoms with Gasteiger partial charge in [0.25, 0.3) is 5.91 Å². The summed E-state index contributed by atoms with van der Waals surface area (Å²) >= 11 is 0. The van der Waals surface area contributed by atoms with Crippen LogP contribution in [-0.2, 0) is 7.05 Å². The van der Waals surface area contributed by atoms with Crippen molar-refractivity contribution < 1.29 is 4.79 Å². The smallest absolute Gasteiger partial charge is 0.261 e. The van der Waals surface area contributed by atoms with Gasteiger partial charge in [0, 0.05) is 26.5 Å². The third-order valence-electron chi connectivity index (χ3n) is 3.10. The molecule has 0 fully saturated rings. The van der Waals surface area contributed by atoms with Crippen LogP contribution in [0.4, 0.5) is 5.69 Å². The van der Waals surface area contributed by atoms with Gasteiger partial charge in [-0.05, 0) is 12.8 Å². The van der Waals surface area contributed by atoms with Crippen molar-refractivity contribution in [3.05, 3.63) is 35.7 Å². The first-order valence-electron chi connectivity index (χ1n) is 6.50. The summed E-state index contributed by atoms with van der Waals surface area (Å²) in [6, 6.07) is 0. The molecular formula is C14H19N5O. The van der Waals surface area contributed by atoms with Gasteiger partial charge < -0.3 is 4.90 Å². The van der Waals surface area contributed by atoms with Crippen LogP contribution >= 0.6 is 0 Å². The zero-order valence-corrected chi connectivity index (χ0v) is 12.5. The molecule has 6 heteroatoms. The van der Waals surface area contributed by atoms with E-state index in [1.54, 1.807) is 35.2 Å². The van der Waals surface area contributed by atoms with Gasteiger partial charge in [-0.3, -0.25) is 9.48 Å². The van der Waals surface area contributed by atoms with E-state index in [-0.39, 0.29) is 11.8 Å². The first kappa shape index (κ1) is 14.2. The number of carbonyl (C=O) groups excluding carboxylic acids is 1. The Hall–Kier alpha value is -2.24. The van der Waals surface area contributed by atoms with E-state index in [0.717, 1.165) is 11.4 Å². The molecule has 2 aromatic heterocycles. The molecule has 0 spiro atoms. The van der Waals surface area contributed by atoms with E-state index in [9.17, 15) is 4.79 Å². The molecule has 2 rings (SSSR count). The number of nitrogens with zero attached hydrogens (tertiary/aromatic N) is 5. The van der Waals surface area contributed by atoms with E-state index in [1.165, 1.54) is 0 Å². The lowest BCUT2D eigenvalue weighted by molar-refractivity contribution is 0.0991. The Bertz CT molecular complexity index is 632. The molecule has 0 N–H and O–H groups in total. The van der Waals surface area contributed by atoms with Crippen LogP contribution in [0.3, 0.4) is 0 Å². The zero-order valence-electron chi connectivity index (χ0n) is 12.5. The number of anilines is 1. The van der Waals surface area contributed by atoms with Crippen molar-refractivity contribution >= 4 is 11.6 Å². The fourth-order valence-electron chi connectivity index (χ4n) is 1.97. The molecule has 0 unspecified atom stereocenters. The second-order valence-corrected chi connectivity index (χ2v) is 5.11. The molecule has 20 heavy (non-hydrogen) atoms. The minimum atomic E-state index is -0.123. The molecule has 6 nitrogen and oxygen atoms in total. The molecule has 2 heterocycles. The van der Waals surface area contributed by atoms with Crippen LogP contribution in [0.5, 0.6) is 0 Å². The number of aryl methyl sites for hydroxylation is 2. The van der Waals surface area contributed by atoms with Gasteiger partial charge >= 0.3 is 0 Å². The lowest BCUT2D eigenvalue weighted by Gasteiger charge is -2.18. The second-order valence-electron chi connectivity index (χ2n) is 5.11. The van der Waals surface area contributed by atoms with Crippen LogP contribution in [0.15, 0.2) is 18.6 Å². The van der Waals surface area contributed by atoms with Crippen molar-refractivity contribution in [1.82, 2.24) is 19.7 Å². The molecule has 0 saturated carbocycles. The van der Waals surface area contributed by atoms with E-state index in [2.05, 4.69) is 15.1 Å². The highest BCUT2D eigenvalue weighted by Gasteiger charge is 2.21. The third-order valence-corrected chi connectivity index (χ3v) is 3.10. The molecule has 0 radical (unpaired) electrons. The van der Waals surface area contributed by atoms with Crippen molar-refractivity contribution in [3.63, 3.8) is 0 Å². The number of aromatic nitrogens is 4. The summed E-state index contributed by atoms with van der Waals surface area (Å²) in [5.74, 6) is 0.717. The number of amides is 1. The maximum Gasteiger partial charge on any atom is 0.261 e. The maximum atomic E-state index is 12.6. The molecule has 0 atom stereocenters. The van der Waals surface area contributed by atoms with Gasteiger partial charge in [0.15, 0.2) is 0 Å². The number of hydrogen-bond acceptors (Lipinski definition) is 4. The molecule has 0 bridgehead atoms. The molecule has 0 aliphatic carbocycles. The Balaban J connectivity index is 2.38. The van der Waals surface area contributed by atoms with Gasteiger partial charge in [-0.2, -0.15) is 5.10 Å². The first-order valence-corrected chi connectivity index (χ1v) is 6.50. The summed E-state index contributed by atoms with van der Waals surface area (Å²) < 4.78 is 1.66. The van der Waals surface area contributed by atoms with Crippen molar-refractivity contribution in [2.45, 2.75) is 26.7 Å². The predicted octanol–water partition coefficient (Wildman–Crippen LogP) is 1.92. The fourth-order valence-corrected chi connectivity index (χ4v) is 1.97. The number of carbonyl (C=O) groups is 1. The molecule has 0 aromatic carbocycles. The summed E-state index contributed by atoms with van der Waals surface area (Å²) in [4.78, 5) is 22.7. The third kappa shape index (κ3) is 2.68. The van der Waals surface area contributed by atoms with Crippen LogP contribution in [0.2, 0.25) is 0 Å². The Labute approximate surface area is 118 Å². The van der Waals surface area contributed by atoms with E-state index >= 15 is 0 Å². The molecule has 1 amide bonds. The van der Waals surface area contributed by atoms with Crippen molar-refractivity contribution in [1.29, 1.82) is 0 Å². The normalized spacial score (nSPS) is 10.9. The van der Waals surface area contributed by atoms with Gasteiger partial charge in [0.2, 0.25) is 0 Å². The van der Waals surface area contributed by atoms with Crippen molar-refractivity contribution in [2.24, 2.45) is 7.05 Å². The lowest BCUT2D eigenvalue weighted by atomic mass is 10.0. The van der Waals surface area contributed by atoms with Crippen LogP contribution < -0.4 is 4.90 Å². The number of hydrogen-bond donors (Lipinski definition) is 0. The topological polar surface area (TPSA) is 63.9 Å². The Morgan fingerprint density at radius 1 is 1.35 bits per heavy atom. The maximum absolute atomic E-state index is 12.6. The number of rotatable bonds is 3. The zero-order chi connectivity index (χ0) is 14.9. The minimum Gasteiger partial charge on any atom is -0.308 e. The SMILES string of the molecule is Cc1ncc(C(=O)N(C)c2cnn(C)c2)c(C(C)C)n1. The summed E-state index contributed by atoms with van der Waals surface area (Å²) in [6.45, 7) is 5.86. The van der Waals surface area contributed by atoms with Crippen molar-refractivity contribution in [2.75, 3.05) is 11.9 Å². The summed E-state index contributed by atoms with van der Waals surface area (Å²) in [7, 11) is 3.54. The van der Waals surface area contributed by atoms with Crippen LogP contribution in [0, 0.1) is 6.92 Å². The highest BCUT2D eigenvalue weighted by atomic mass is 16.2. The van der Waals surface area contributed by atoms with Gasteiger partial charge in [0.1, 0.15) is 5.82 Å². The summed E-state index contributed by atoms with van der Waals surface area (Å²) in [6.07, 6.45) is 5.05. The van der Waals surface area contributed by atoms with Gasteiger partial charge in [-0.1, -0.05) is 13.8 Å². The predicted molar refractivity (Wildman–Crippen MR) is 76.8 cm³/mol. The van der Waals surface area contributed by atoms with E-state index in [4.69, 9.17) is 0 Å². The van der Waals surface area contributed by atoms with E-state index in [0.29, 0.717) is 11.4 Å². The van der Waals surface area contributed by atoms with Gasteiger partial charge in [-0.15, -0.1) is 0 Å². The van der Waals surface area contributed by atoms with Gasteiger partial charge in [-0.25, -0.2) is 9.97 Å². The second kappa shape index (κ2) is 5.40. The van der Waals surface area contributed by atoms with Crippen molar-refractivity contribution in [3.8, 4) is 0 Å². The molecule has 0 aliphatic heterocycles. The average molecular weight is 273 g/mol. The largest absolute Gasteiger partial charge is 0.308 e. The van der Waals surface area contributed by atoms with Crippen LogP contribution in [0.1, 0.15) is 41.6 Å². The molecule has 0 aliphatic rings. The standard InChI is InChI=1S/C14H19N5O/c1-9(2)13-12(7-15-10(3)17-13)14(20)19(5)11-6-16-18(4)8-11/h6-9H,1-5H3. The Morgan fingerprint density at radius 3 is 2.60 bits per heavy atom. The minimum absolute atomic E-state index is 0.123. The van der Waals surface area contributed by atoms with Crippen LogP contribution in [0.25, 0.3) is 0 Å². The fraction of sp³-hybridized carbons (Fsp3) is 0.429. The lowest BCUT2D eigenvalue weighted by Crippen LogP contribution is -2.28. The monoisotopic (exact) mass is 273 g/mol. The highest BCUT2D eigenvalue weighted by Crippen LogP contribution is 2.20. The summed E-state index contributed by atoms with van der Waals surface area (Å²) in [5.41, 5.74) is 2.06. The molecule has 0 saturated heterocycles. The molecule has 106 valence electrons. The van der Waals surface area contributed by atoms with Gasteiger partial charge in [0.05, 0.1) is 23.1 Å².